The van der Waals surface area contributed by atoms with Gasteiger partial charge in [-0.2, -0.15) is 5.26 Å². The van der Waals surface area contributed by atoms with E-state index in [9.17, 15) is 5.26 Å². The van der Waals surface area contributed by atoms with Crippen molar-refractivity contribution in [3.05, 3.63) is 212 Å². The van der Waals surface area contributed by atoms with Crippen LogP contribution in [-0.4, -0.2) is 4.57 Å². The van der Waals surface area contributed by atoms with Crippen molar-refractivity contribution in [2.24, 2.45) is 0 Å². The molecule has 12 rings (SSSR count). The molecule has 0 N–H and O–H groups in total. The molecule has 0 spiro atoms. The molecular formula is C55H34N4O2. The summed E-state index contributed by atoms with van der Waals surface area (Å²) >= 11 is 0. The Labute approximate surface area is 352 Å². The third kappa shape index (κ3) is 5.21. The molecular weight excluding hydrogens is 749 g/mol. The first kappa shape index (κ1) is 34.5. The summed E-state index contributed by atoms with van der Waals surface area (Å²) in [5.74, 6) is 2.84. The SMILES string of the molecule is N#Cc1c(-c2ccccc2)c(N2c3ccccc3Oc3ccccc32)c(-n2c3ccccc3c3ccccc32)c(N2c3ccccc3Oc3ccccc32)c1-c1ccccc1. The van der Waals surface area contributed by atoms with Gasteiger partial charge in [-0.05, 0) is 71.8 Å². The van der Waals surface area contributed by atoms with Crippen molar-refractivity contribution in [1.29, 1.82) is 5.26 Å². The van der Waals surface area contributed by atoms with Gasteiger partial charge < -0.3 is 23.8 Å². The van der Waals surface area contributed by atoms with Crippen LogP contribution in [0, 0.1) is 11.3 Å². The van der Waals surface area contributed by atoms with Gasteiger partial charge in [-0.3, -0.25) is 0 Å². The Morgan fingerprint density at radius 2 is 0.672 bits per heavy atom. The van der Waals surface area contributed by atoms with E-state index >= 15 is 0 Å². The minimum absolute atomic E-state index is 0.537. The first-order chi connectivity index (χ1) is 30.3. The molecule has 0 radical (unpaired) electrons. The molecule has 6 heteroatoms. The van der Waals surface area contributed by atoms with Crippen LogP contribution in [-0.2, 0) is 0 Å². The van der Waals surface area contributed by atoms with Gasteiger partial charge in [-0.15, -0.1) is 0 Å². The van der Waals surface area contributed by atoms with E-state index in [2.05, 4.69) is 117 Å². The molecule has 2 aliphatic heterocycles. The zero-order valence-corrected chi connectivity index (χ0v) is 32.7. The summed E-state index contributed by atoms with van der Waals surface area (Å²) in [7, 11) is 0. The van der Waals surface area contributed by atoms with Crippen molar-refractivity contribution in [2.45, 2.75) is 0 Å². The van der Waals surface area contributed by atoms with Crippen LogP contribution in [0.4, 0.5) is 34.1 Å². The maximum Gasteiger partial charge on any atom is 0.151 e. The van der Waals surface area contributed by atoms with Crippen LogP contribution in [0.3, 0.4) is 0 Å². The van der Waals surface area contributed by atoms with Gasteiger partial charge in [0.1, 0.15) is 6.07 Å². The predicted octanol–water partition coefficient (Wildman–Crippen LogP) is 15.1. The number of nitriles is 1. The van der Waals surface area contributed by atoms with Crippen molar-refractivity contribution in [3.8, 4) is 57.0 Å². The Kier molecular flexibility index (Phi) is 7.81. The summed E-state index contributed by atoms with van der Waals surface area (Å²) in [5.41, 5.74) is 11.9. The third-order valence-electron chi connectivity index (χ3n) is 11.8. The van der Waals surface area contributed by atoms with Crippen molar-refractivity contribution in [3.63, 3.8) is 0 Å². The Morgan fingerprint density at radius 1 is 0.344 bits per heavy atom. The first-order valence-corrected chi connectivity index (χ1v) is 20.3. The van der Waals surface area contributed by atoms with Crippen molar-refractivity contribution in [1.82, 2.24) is 4.57 Å². The van der Waals surface area contributed by atoms with Crippen molar-refractivity contribution < 1.29 is 9.47 Å². The maximum atomic E-state index is 12.0. The monoisotopic (exact) mass is 782 g/mol. The maximum absolute atomic E-state index is 12.0. The summed E-state index contributed by atoms with van der Waals surface area (Å²) in [6.07, 6.45) is 0. The average Bonchev–Trinajstić information content (AvgIpc) is 3.66. The number of hydrogen-bond acceptors (Lipinski definition) is 5. The van der Waals surface area contributed by atoms with Crippen LogP contribution in [0.5, 0.6) is 23.0 Å². The second-order valence-electron chi connectivity index (χ2n) is 15.1. The summed E-state index contributed by atoms with van der Waals surface area (Å²) < 4.78 is 15.8. The summed E-state index contributed by atoms with van der Waals surface area (Å²) in [4.78, 5) is 4.62. The molecule has 10 aromatic rings. The molecule has 0 atom stereocenters. The Bertz CT molecular complexity index is 3100. The lowest BCUT2D eigenvalue weighted by Gasteiger charge is -2.40. The molecule has 3 heterocycles. The third-order valence-corrected chi connectivity index (χ3v) is 11.8. The number of fused-ring (bicyclic) bond motifs is 7. The fourth-order valence-corrected chi connectivity index (χ4v) is 9.30. The van der Waals surface area contributed by atoms with Crippen LogP contribution in [0.15, 0.2) is 206 Å². The lowest BCUT2D eigenvalue weighted by molar-refractivity contribution is 0.477. The average molecular weight is 783 g/mol. The van der Waals surface area contributed by atoms with Gasteiger partial charge in [0.2, 0.25) is 0 Å². The lowest BCUT2D eigenvalue weighted by Crippen LogP contribution is -2.24. The molecule has 0 aliphatic carbocycles. The number of para-hydroxylation sites is 10. The molecule has 9 aromatic carbocycles. The van der Waals surface area contributed by atoms with Crippen LogP contribution in [0.2, 0.25) is 0 Å². The predicted molar refractivity (Wildman–Crippen MR) is 246 cm³/mol. The highest BCUT2D eigenvalue weighted by Gasteiger charge is 2.39. The largest absolute Gasteiger partial charge is 0.453 e. The smallest absolute Gasteiger partial charge is 0.151 e. The standard InChI is InChI=1S/C55H34N4O2/c56-35-40-51(36-19-3-1-4-20-36)53(58-43-27-11-15-31-47(43)60-48-32-16-12-28-44(48)58)55(57-41-25-9-7-23-38(41)39-24-8-10-26-42(39)57)54(52(40)37-21-5-2-6-22-37)59-45-29-13-17-33-49(45)61-50-34-18-14-30-46(50)59/h1-34H. The summed E-state index contributed by atoms with van der Waals surface area (Å²) in [6, 6.07) is 73.4. The van der Waals surface area contributed by atoms with Gasteiger partial charge in [0.15, 0.2) is 23.0 Å². The molecule has 286 valence electrons. The molecule has 2 aliphatic rings. The van der Waals surface area contributed by atoms with Crippen molar-refractivity contribution >= 4 is 55.9 Å². The highest BCUT2D eigenvalue weighted by atomic mass is 16.5. The fourth-order valence-electron chi connectivity index (χ4n) is 9.30. The number of hydrogen-bond donors (Lipinski definition) is 0. The topological polar surface area (TPSA) is 53.7 Å². The first-order valence-electron chi connectivity index (χ1n) is 20.3. The quantitative estimate of drug-likeness (QED) is 0.174. The normalized spacial score (nSPS) is 12.4. The molecule has 61 heavy (non-hydrogen) atoms. The Balaban J connectivity index is 1.41. The van der Waals surface area contributed by atoms with Gasteiger partial charge in [0.25, 0.3) is 0 Å². The number of ether oxygens (including phenoxy) is 2. The highest BCUT2D eigenvalue weighted by molar-refractivity contribution is 6.15. The van der Waals surface area contributed by atoms with Crippen LogP contribution < -0.4 is 19.3 Å². The number of rotatable bonds is 5. The van der Waals surface area contributed by atoms with Crippen LogP contribution >= 0.6 is 0 Å². The van der Waals surface area contributed by atoms with Gasteiger partial charge in [0, 0.05) is 21.9 Å². The molecule has 0 bridgehead atoms. The Morgan fingerprint density at radius 3 is 1.05 bits per heavy atom. The summed E-state index contributed by atoms with van der Waals surface area (Å²) in [6.45, 7) is 0. The fraction of sp³-hybridized carbons (Fsp3) is 0. The van der Waals surface area contributed by atoms with Crippen molar-refractivity contribution in [2.75, 3.05) is 9.80 Å². The Hall–Kier alpha value is -8.53. The lowest BCUT2D eigenvalue weighted by atomic mass is 9.86. The number of anilines is 6. The molecule has 0 amide bonds. The highest BCUT2D eigenvalue weighted by Crippen LogP contribution is 2.62. The van der Waals surface area contributed by atoms with Crippen LogP contribution in [0.25, 0.3) is 49.7 Å². The van der Waals surface area contributed by atoms with E-state index in [0.717, 1.165) is 83.9 Å². The van der Waals surface area contributed by atoms with Gasteiger partial charge in [0.05, 0.1) is 56.4 Å². The van der Waals surface area contributed by atoms with E-state index in [1.165, 1.54) is 0 Å². The van der Waals surface area contributed by atoms with Crippen LogP contribution in [0.1, 0.15) is 5.56 Å². The van der Waals surface area contributed by atoms with Gasteiger partial charge in [-0.1, -0.05) is 146 Å². The van der Waals surface area contributed by atoms with E-state index in [4.69, 9.17) is 9.47 Å². The minimum atomic E-state index is 0.537. The second-order valence-corrected chi connectivity index (χ2v) is 15.1. The minimum Gasteiger partial charge on any atom is -0.453 e. The number of aromatic nitrogens is 1. The molecule has 0 fully saturated rings. The molecule has 0 saturated carbocycles. The number of nitrogens with zero attached hydrogens (tertiary/aromatic N) is 4. The number of benzene rings is 9. The van der Waals surface area contributed by atoms with E-state index in [1.54, 1.807) is 0 Å². The molecule has 0 saturated heterocycles. The van der Waals surface area contributed by atoms with Gasteiger partial charge in [-0.25, -0.2) is 0 Å². The van der Waals surface area contributed by atoms with E-state index < -0.39 is 0 Å². The van der Waals surface area contributed by atoms with E-state index in [0.29, 0.717) is 28.6 Å². The zero-order valence-electron chi connectivity index (χ0n) is 32.7. The van der Waals surface area contributed by atoms with E-state index in [1.807, 2.05) is 109 Å². The summed E-state index contributed by atoms with van der Waals surface area (Å²) in [5, 5.41) is 14.2. The second kappa shape index (κ2) is 13.8. The molecule has 0 unspecified atom stereocenters. The van der Waals surface area contributed by atoms with E-state index in [-0.39, 0.29) is 0 Å². The molecule has 6 nitrogen and oxygen atoms in total. The zero-order chi connectivity index (χ0) is 40.4. The van der Waals surface area contributed by atoms with Gasteiger partial charge >= 0.3 is 0 Å². The molecule has 1 aromatic heterocycles.